The van der Waals surface area contributed by atoms with Gasteiger partial charge < -0.3 is 23.9 Å². The molecule has 2 fully saturated rings. The van der Waals surface area contributed by atoms with Crippen molar-refractivity contribution in [1.29, 1.82) is 0 Å². The highest BCUT2D eigenvalue weighted by molar-refractivity contribution is 5.84. The first-order chi connectivity index (χ1) is 16.3. The molecule has 3 rings (SSSR count). The number of hydroxylamine groups is 2. The molecule has 2 saturated heterocycles. The number of rotatable bonds is 6. The van der Waals surface area contributed by atoms with Gasteiger partial charge in [0.15, 0.2) is 6.29 Å². The zero-order chi connectivity index (χ0) is 26.0. The molecule has 8 nitrogen and oxygen atoms in total. The number of hydrogen-bond donors (Lipinski definition) is 0. The summed E-state index contributed by atoms with van der Waals surface area (Å²) in [4.78, 5) is 32.9. The Hall–Kier alpha value is -2.23. The molecular formula is C26H39FN2O6. The van der Waals surface area contributed by atoms with Crippen molar-refractivity contribution in [3.63, 3.8) is 0 Å². The zero-order valence-electron chi connectivity index (χ0n) is 21.9. The SMILES string of the molecule is CN1C(=O)C(Cc2cc(COC3CCCCO3)ccc2F)N(OC(=O)OC(C)(C)C)C1C(C)(C)C. The van der Waals surface area contributed by atoms with Gasteiger partial charge in [-0.1, -0.05) is 32.9 Å². The van der Waals surface area contributed by atoms with Gasteiger partial charge in [-0.2, -0.15) is 0 Å². The summed E-state index contributed by atoms with van der Waals surface area (Å²) < 4.78 is 31.6. The lowest BCUT2D eigenvalue weighted by Crippen LogP contribution is -2.49. The first kappa shape index (κ1) is 27.4. The molecule has 0 saturated carbocycles. The maximum atomic E-state index is 14.8. The average Bonchev–Trinajstić information content (AvgIpc) is 2.97. The summed E-state index contributed by atoms with van der Waals surface area (Å²) in [6.07, 6.45) is 1.23. The van der Waals surface area contributed by atoms with Gasteiger partial charge in [0.05, 0.1) is 6.61 Å². The maximum Gasteiger partial charge on any atom is 0.528 e. The van der Waals surface area contributed by atoms with Gasteiger partial charge in [-0.3, -0.25) is 4.79 Å². The Balaban J connectivity index is 1.81. The molecule has 0 aromatic heterocycles. The second-order valence-corrected chi connectivity index (χ2v) is 11.4. The summed E-state index contributed by atoms with van der Waals surface area (Å²) >= 11 is 0. The summed E-state index contributed by atoms with van der Waals surface area (Å²) in [5.74, 6) is -0.695. The molecule has 3 unspecified atom stereocenters. The lowest BCUT2D eigenvalue weighted by Gasteiger charge is -2.37. The van der Waals surface area contributed by atoms with Crippen molar-refractivity contribution in [2.24, 2.45) is 5.41 Å². The molecule has 2 aliphatic rings. The van der Waals surface area contributed by atoms with E-state index in [9.17, 15) is 14.0 Å². The third-order valence-corrected chi connectivity index (χ3v) is 5.99. The Labute approximate surface area is 207 Å². The van der Waals surface area contributed by atoms with Gasteiger partial charge in [0.1, 0.15) is 23.6 Å². The fourth-order valence-electron chi connectivity index (χ4n) is 4.53. The van der Waals surface area contributed by atoms with E-state index in [4.69, 9.17) is 19.0 Å². The molecule has 9 heteroatoms. The molecule has 196 valence electrons. The molecule has 1 amide bonds. The molecule has 2 heterocycles. The normalized spacial score (nSPS) is 24.1. The number of ether oxygens (including phenoxy) is 3. The Kier molecular flexibility index (Phi) is 8.44. The average molecular weight is 495 g/mol. The minimum Gasteiger partial charge on any atom is -0.427 e. The quantitative estimate of drug-likeness (QED) is 0.526. The van der Waals surface area contributed by atoms with Crippen LogP contribution in [0.25, 0.3) is 0 Å². The Morgan fingerprint density at radius 2 is 1.89 bits per heavy atom. The van der Waals surface area contributed by atoms with Crippen LogP contribution in [0.4, 0.5) is 9.18 Å². The number of carbonyl (C=O) groups excluding carboxylic acids is 2. The first-order valence-corrected chi connectivity index (χ1v) is 12.2. The van der Waals surface area contributed by atoms with E-state index >= 15 is 0 Å². The minimum atomic E-state index is -0.907. The Morgan fingerprint density at radius 1 is 1.17 bits per heavy atom. The summed E-state index contributed by atoms with van der Waals surface area (Å²) in [5.41, 5.74) is -0.0896. The number of hydrogen-bond acceptors (Lipinski definition) is 7. The molecule has 2 aliphatic heterocycles. The van der Waals surface area contributed by atoms with E-state index in [1.54, 1.807) is 44.9 Å². The van der Waals surface area contributed by atoms with Crippen LogP contribution >= 0.6 is 0 Å². The minimum absolute atomic E-state index is 0.0259. The van der Waals surface area contributed by atoms with Crippen molar-refractivity contribution in [2.45, 2.75) is 97.9 Å². The van der Waals surface area contributed by atoms with Crippen molar-refractivity contribution < 1.29 is 33.0 Å². The van der Waals surface area contributed by atoms with Crippen molar-refractivity contribution in [3.05, 3.63) is 35.1 Å². The standard InChI is InChI=1S/C26H39FN2O6/c1-25(2,3)23-28(7)22(30)20(29(23)35-24(31)34-26(4,5)6)15-18-14-17(11-12-19(18)27)16-33-21-10-8-9-13-32-21/h11-12,14,20-21,23H,8-10,13,15-16H2,1-7H3. The Morgan fingerprint density at radius 3 is 2.49 bits per heavy atom. The van der Waals surface area contributed by atoms with Crippen molar-refractivity contribution in [1.82, 2.24) is 9.96 Å². The van der Waals surface area contributed by atoms with Crippen molar-refractivity contribution >= 4 is 12.1 Å². The van der Waals surface area contributed by atoms with Crippen LogP contribution < -0.4 is 0 Å². The van der Waals surface area contributed by atoms with E-state index in [0.29, 0.717) is 12.2 Å². The molecular weight excluding hydrogens is 455 g/mol. The number of benzene rings is 1. The molecule has 1 aromatic carbocycles. The van der Waals surface area contributed by atoms with E-state index in [-0.39, 0.29) is 25.2 Å². The highest BCUT2D eigenvalue weighted by Gasteiger charge is 2.52. The highest BCUT2D eigenvalue weighted by atomic mass is 19.1. The summed E-state index contributed by atoms with van der Waals surface area (Å²) in [5, 5.41) is 1.36. The van der Waals surface area contributed by atoms with Gasteiger partial charge in [-0.15, -0.1) is 5.06 Å². The molecule has 35 heavy (non-hydrogen) atoms. The first-order valence-electron chi connectivity index (χ1n) is 12.2. The Bertz CT molecular complexity index is 904. The molecule has 1 aromatic rings. The molecule has 0 N–H and O–H groups in total. The number of nitrogens with zero attached hydrogens (tertiary/aromatic N) is 2. The third-order valence-electron chi connectivity index (χ3n) is 5.99. The largest absolute Gasteiger partial charge is 0.528 e. The lowest BCUT2D eigenvalue weighted by atomic mass is 9.92. The van der Waals surface area contributed by atoms with Crippen LogP contribution in [-0.4, -0.2) is 59.8 Å². The monoisotopic (exact) mass is 494 g/mol. The molecule has 0 aliphatic carbocycles. The number of carbonyl (C=O) groups is 2. The van der Waals surface area contributed by atoms with Gasteiger partial charge in [0.2, 0.25) is 5.91 Å². The van der Waals surface area contributed by atoms with Crippen LogP contribution in [0, 0.1) is 11.2 Å². The van der Waals surface area contributed by atoms with E-state index in [0.717, 1.165) is 24.8 Å². The summed E-state index contributed by atoms with van der Waals surface area (Å²) in [6, 6.07) is 3.84. The third kappa shape index (κ3) is 7.15. The smallest absolute Gasteiger partial charge is 0.427 e. The summed E-state index contributed by atoms with van der Waals surface area (Å²) in [6.45, 7) is 12.0. The summed E-state index contributed by atoms with van der Waals surface area (Å²) in [7, 11) is 1.66. The number of amides is 1. The second kappa shape index (κ2) is 10.8. The molecule has 0 bridgehead atoms. The predicted molar refractivity (Wildman–Crippen MR) is 127 cm³/mol. The molecule has 0 radical (unpaired) electrons. The van der Waals surface area contributed by atoms with Gasteiger partial charge in [0, 0.05) is 20.1 Å². The van der Waals surface area contributed by atoms with Gasteiger partial charge >= 0.3 is 6.16 Å². The number of halogens is 1. The van der Waals surface area contributed by atoms with Gasteiger partial charge in [-0.05, 0) is 62.6 Å². The van der Waals surface area contributed by atoms with E-state index in [2.05, 4.69) is 0 Å². The number of likely N-dealkylation sites (N-methyl/N-ethyl adjacent to an activating group) is 1. The predicted octanol–water partition coefficient (Wildman–Crippen LogP) is 4.79. The topological polar surface area (TPSA) is 77.5 Å². The van der Waals surface area contributed by atoms with Crippen molar-refractivity contribution in [2.75, 3.05) is 13.7 Å². The van der Waals surface area contributed by atoms with Crippen LogP contribution in [0.3, 0.4) is 0 Å². The van der Waals surface area contributed by atoms with E-state index < -0.39 is 35.2 Å². The van der Waals surface area contributed by atoms with E-state index in [1.807, 2.05) is 20.8 Å². The van der Waals surface area contributed by atoms with Gasteiger partial charge in [0.25, 0.3) is 0 Å². The molecule has 3 atom stereocenters. The van der Waals surface area contributed by atoms with Crippen molar-refractivity contribution in [3.8, 4) is 0 Å². The highest BCUT2D eigenvalue weighted by Crippen LogP contribution is 2.36. The zero-order valence-corrected chi connectivity index (χ0v) is 21.9. The van der Waals surface area contributed by atoms with Gasteiger partial charge in [-0.25, -0.2) is 9.18 Å². The lowest BCUT2D eigenvalue weighted by molar-refractivity contribution is -0.200. The maximum absolute atomic E-state index is 14.8. The van der Waals surface area contributed by atoms with Crippen LogP contribution in [0.2, 0.25) is 0 Å². The van der Waals surface area contributed by atoms with Crippen LogP contribution in [0.1, 0.15) is 71.9 Å². The second-order valence-electron chi connectivity index (χ2n) is 11.4. The van der Waals surface area contributed by atoms with Crippen LogP contribution in [0.5, 0.6) is 0 Å². The molecule has 0 spiro atoms. The van der Waals surface area contributed by atoms with E-state index in [1.165, 1.54) is 11.1 Å². The fourth-order valence-corrected chi connectivity index (χ4v) is 4.53. The fraction of sp³-hybridized carbons (Fsp3) is 0.692. The van der Waals surface area contributed by atoms with Crippen LogP contribution in [-0.2, 0) is 36.9 Å². The van der Waals surface area contributed by atoms with Crippen LogP contribution in [0.15, 0.2) is 18.2 Å².